The summed E-state index contributed by atoms with van der Waals surface area (Å²) in [6.07, 6.45) is -0.322. The van der Waals surface area contributed by atoms with Crippen molar-refractivity contribution in [3.63, 3.8) is 0 Å². The molecular weight excluding hydrogens is 304 g/mol. The summed E-state index contributed by atoms with van der Waals surface area (Å²) in [4.78, 5) is 11.5. The van der Waals surface area contributed by atoms with Crippen LogP contribution in [0.15, 0.2) is 35.2 Å². The molecule has 0 fully saturated rings. The summed E-state index contributed by atoms with van der Waals surface area (Å²) in [7, 11) is -5.71. The van der Waals surface area contributed by atoms with Crippen LogP contribution in [0.3, 0.4) is 0 Å². The summed E-state index contributed by atoms with van der Waals surface area (Å²) in [5.41, 5.74) is 0. The summed E-state index contributed by atoms with van der Waals surface area (Å²) >= 11 is 0. The minimum Gasteiger partial charge on any atom is -0.406 e. The van der Waals surface area contributed by atoms with Gasteiger partial charge in [-0.2, -0.15) is 0 Å². The van der Waals surface area contributed by atoms with Crippen molar-refractivity contribution >= 4 is 24.4 Å². The Morgan fingerprint density at radius 1 is 1.19 bits per heavy atom. The predicted molar refractivity (Wildman–Crippen MR) is 86.6 cm³/mol. The zero-order valence-electron chi connectivity index (χ0n) is 13.3. The first-order valence-corrected chi connectivity index (χ1v) is 11.5. The fourth-order valence-electron chi connectivity index (χ4n) is 1.60. The molecule has 118 valence electrons. The average Bonchev–Trinajstić information content (AvgIpc) is 2.37. The Morgan fingerprint density at radius 2 is 1.71 bits per heavy atom. The van der Waals surface area contributed by atoms with E-state index in [-0.39, 0.29) is 15.7 Å². The zero-order chi connectivity index (χ0) is 16.3. The van der Waals surface area contributed by atoms with Gasteiger partial charge in [-0.15, -0.1) is 0 Å². The molecular formula is C15H24O4SSi. The Balaban J connectivity index is 2.92. The molecule has 0 heterocycles. The molecule has 4 nitrogen and oxygen atoms in total. The second kappa shape index (κ2) is 6.42. The van der Waals surface area contributed by atoms with Crippen LogP contribution in [0, 0.1) is 0 Å². The maximum absolute atomic E-state index is 12.3. The third-order valence-electron chi connectivity index (χ3n) is 3.89. The van der Waals surface area contributed by atoms with E-state index >= 15 is 0 Å². The van der Waals surface area contributed by atoms with Gasteiger partial charge in [0.1, 0.15) is 12.4 Å². The molecule has 1 aromatic rings. The Hall–Kier alpha value is -0.983. The van der Waals surface area contributed by atoms with Crippen LogP contribution in [-0.4, -0.2) is 34.9 Å². The first-order valence-electron chi connectivity index (χ1n) is 6.90. The van der Waals surface area contributed by atoms with Crippen LogP contribution in [0.5, 0.6) is 0 Å². The normalized spacial score (nSPS) is 14.7. The molecule has 1 atom stereocenters. The van der Waals surface area contributed by atoms with E-state index in [2.05, 4.69) is 0 Å². The monoisotopic (exact) mass is 328 g/mol. The first kappa shape index (κ1) is 18.1. The lowest BCUT2D eigenvalue weighted by atomic mass is 10.2. The van der Waals surface area contributed by atoms with Gasteiger partial charge in [0, 0.05) is 0 Å². The summed E-state index contributed by atoms with van der Waals surface area (Å²) in [6, 6.07) is 8.14. The van der Waals surface area contributed by atoms with Gasteiger partial charge in [-0.1, -0.05) is 39.0 Å². The SMILES string of the molecule is CC(C)(C)[Si](C)(C)O[C@@H](C=O)CS(=O)(=O)c1ccccc1. The fraction of sp³-hybridized carbons (Fsp3) is 0.533. The number of sulfone groups is 1. The molecule has 1 aromatic carbocycles. The highest BCUT2D eigenvalue weighted by Crippen LogP contribution is 2.37. The summed E-state index contributed by atoms with van der Waals surface area (Å²) in [5.74, 6) is -0.312. The number of hydrogen-bond acceptors (Lipinski definition) is 4. The third-order valence-corrected chi connectivity index (χ3v) is 10.2. The minimum absolute atomic E-state index is 0.0786. The fourth-order valence-corrected chi connectivity index (χ4v) is 4.31. The molecule has 21 heavy (non-hydrogen) atoms. The van der Waals surface area contributed by atoms with Crippen molar-refractivity contribution in [1.29, 1.82) is 0 Å². The number of aldehydes is 1. The Labute approximate surface area is 128 Å². The van der Waals surface area contributed by atoms with Crippen LogP contribution in [0.4, 0.5) is 0 Å². The lowest BCUT2D eigenvalue weighted by Crippen LogP contribution is -2.46. The molecule has 0 aromatic heterocycles. The molecule has 0 saturated carbocycles. The van der Waals surface area contributed by atoms with Gasteiger partial charge in [0.2, 0.25) is 0 Å². The Bertz CT molecular complexity index is 573. The Kier molecular flexibility index (Phi) is 5.52. The third kappa shape index (κ3) is 4.76. The van der Waals surface area contributed by atoms with Gasteiger partial charge in [-0.3, -0.25) is 0 Å². The molecule has 0 saturated heterocycles. The number of hydrogen-bond donors (Lipinski definition) is 0. The van der Waals surface area contributed by atoms with E-state index in [0.717, 1.165) is 0 Å². The lowest BCUT2D eigenvalue weighted by molar-refractivity contribution is -0.113. The van der Waals surface area contributed by atoms with E-state index < -0.39 is 24.3 Å². The first-order chi connectivity index (χ1) is 9.49. The van der Waals surface area contributed by atoms with E-state index in [1.54, 1.807) is 18.2 Å². The van der Waals surface area contributed by atoms with Gasteiger partial charge < -0.3 is 9.22 Å². The molecule has 0 amide bonds. The largest absolute Gasteiger partial charge is 0.406 e. The zero-order valence-corrected chi connectivity index (χ0v) is 15.1. The topological polar surface area (TPSA) is 60.4 Å². The van der Waals surface area contributed by atoms with Crippen molar-refractivity contribution < 1.29 is 17.6 Å². The molecule has 0 radical (unpaired) electrons. The number of rotatable bonds is 6. The minimum atomic E-state index is -3.52. The van der Waals surface area contributed by atoms with Crippen molar-refractivity contribution in [3.05, 3.63) is 30.3 Å². The van der Waals surface area contributed by atoms with Crippen molar-refractivity contribution in [3.8, 4) is 0 Å². The lowest BCUT2D eigenvalue weighted by Gasteiger charge is -2.37. The summed E-state index contributed by atoms with van der Waals surface area (Å²) in [5, 5.41) is -0.0786. The summed E-state index contributed by atoms with van der Waals surface area (Å²) in [6.45, 7) is 10.1. The molecule has 0 unspecified atom stereocenters. The molecule has 0 aliphatic carbocycles. The predicted octanol–water partition coefficient (Wildman–Crippen LogP) is 3.05. The molecule has 1 rings (SSSR count). The second-order valence-corrected chi connectivity index (χ2v) is 13.4. The second-order valence-electron chi connectivity index (χ2n) is 6.65. The van der Waals surface area contributed by atoms with E-state index in [9.17, 15) is 13.2 Å². The number of benzene rings is 1. The van der Waals surface area contributed by atoms with Crippen molar-refractivity contribution in [2.75, 3.05) is 5.75 Å². The molecule has 0 N–H and O–H groups in total. The van der Waals surface area contributed by atoms with Crippen LogP contribution in [-0.2, 0) is 19.1 Å². The van der Waals surface area contributed by atoms with Gasteiger partial charge in [0.25, 0.3) is 0 Å². The maximum Gasteiger partial charge on any atom is 0.193 e. The molecule has 6 heteroatoms. The highest BCUT2D eigenvalue weighted by atomic mass is 32.2. The highest BCUT2D eigenvalue weighted by molar-refractivity contribution is 7.91. The van der Waals surface area contributed by atoms with Crippen LogP contribution >= 0.6 is 0 Å². The van der Waals surface area contributed by atoms with Crippen LogP contribution < -0.4 is 0 Å². The van der Waals surface area contributed by atoms with E-state index in [1.807, 2.05) is 33.9 Å². The quantitative estimate of drug-likeness (QED) is 0.595. The molecule has 0 spiro atoms. The van der Waals surface area contributed by atoms with Gasteiger partial charge in [-0.25, -0.2) is 8.42 Å². The van der Waals surface area contributed by atoms with Crippen LogP contribution in [0.1, 0.15) is 20.8 Å². The molecule has 0 bridgehead atoms. The van der Waals surface area contributed by atoms with Crippen LogP contribution in [0.25, 0.3) is 0 Å². The van der Waals surface area contributed by atoms with E-state index in [0.29, 0.717) is 6.29 Å². The Morgan fingerprint density at radius 3 is 2.14 bits per heavy atom. The molecule has 0 aliphatic rings. The summed E-state index contributed by atoms with van der Waals surface area (Å²) < 4.78 is 30.5. The van der Waals surface area contributed by atoms with Gasteiger partial charge in [-0.05, 0) is 30.3 Å². The van der Waals surface area contributed by atoms with Crippen LogP contribution in [0.2, 0.25) is 18.1 Å². The number of carbonyl (C=O) groups excluding carboxylic acids is 1. The number of carbonyl (C=O) groups is 1. The standard InChI is InChI=1S/C15H24O4SSi/c1-15(2,3)21(4,5)19-13(11-16)12-20(17,18)14-9-7-6-8-10-14/h6-11,13H,12H2,1-5H3/t13-/m0/s1. The van der Waals surface area contributed by atoms with Crippen molar-refractivity contribution in [1.82, 2.24) is 0 Å². The van der Waals surface area contributed by atoms with Gasteiger partial charge in [0.05, 0.1) is 10.6 Å². The van der Waals surface area contributed by atoms with Crippen molar-refractivity contribution in [2.24, 2.45) is 0 Å². The van der Waals surface area contributed by atoms with Crippen molar-refractivity contribution in [2.45, 2.75) is 49.9 Å². The van der Waals surface area contributed by atoms with Gasteiger partial charge in [0.15, 0.2) is 18.2 Å². The maximum atomic E-state index is 12.3. The highest BCUT2D eigenvalue weighted by Gasteiger charge is 2.40. The molecule has 0 aliphatic heterocycles. The van der Waals surface area contributed by atoms with E-state index in [1.165, 1.54) is 12.1 Å². The average molecular weight is 329 g/mol. The smallest absolute Gasteiger partial charge is 0.193 e. The van der Waals surface area contributed by atoms with Gasteiger partial charge >= 0.3 is 0 Å². The van der Waals surface area contributed by atoms with E-state index in [4.69, 9.17) is 4.43 Å².